The van der Waals surface area contributed by atoms with E-state index in [1.807, 2.05) is 13.8 Å². The Morgan fingerprint density at radius 1 is 1.38 bits per heavy atom. The minimum absolute atomic E-state index is 0.0300. The molecular formula is C9H18F3N3O. The third-order valence-corrected chi connectivity index (χ3v) is 2.04. The van der Waals surface area contributed by atoms with Gasteiger partial charge in [-0.1, -0.05) is 0 Å². The molecule has 96 valence electrons. The highest BCUT2D eigenvalue weighted by Gasteiger charge is 2.29. The first-order valence-corrected chi connectivity index (χ1v) is 5.00. The second-order valence-electron chi connectivity index (χ2n) is 3.70. The zero-order valence-electron chi connectivity index (χ0n) is 9.47. The van der Waals surface area contributed by atoms with Crippen LogP contribution in [-0.4, -0.2) is 42.8 Å². The van der Waals surface area contributed by atoms with Gasteiger partial charge in [0.2, 0.25) is 0 Å². The lowest BCUT2D eigenvalue weighted by atomic mass is 10.3. The quantitative estimate of drug-likeness (QED) is 0.525. The molecule has 0 aliphatic rings. The van der Waals surface area contributed by atoms with Gasteiger partial charge >= 0.3 is 6.36 Å². The van der Waals surface area contributed by atoms with Crippen LogP contribution in [0.4, 0.5) is 13.2 Å². The molecule has 0 heterocycles. The van der Waals surface area contributed by atoms with Gasteiger partial charge in [0.15, 0.2) is 0 Å². The van der Waals surface area contributed by atoms with Crippen LogP contribution in [0.2, 0.25) is 0 Å². The average Bonchev–Trinajstić information content (AvgIpc) is 2.07. The zero-order valence-corrected chi connectivity index (χ0v) is 9.47. The van der Waals surface area contributed by atoms with Gasteiger partial charge in [-0.3, -0.25) is 15.0 Å². The molecule has 0 saturated heterocycles. The van der Waals surface area contributed by atoms with Gasteiger partial charge in [-0.05, 0) is 13.8 Å². The van der Waals surface area contributed by atoms with E-state index in [1.165, 1.54) is 0 Å². The molecule has 0 spiro atoms. The highest BCUT2D eigenvalue weighted by molar-refractivity contribution is 5.76. The lowest BCUT2D eigenvalue weighted by Gasteiger charge is -2.26. The van der Waals surface area contributed by atoms with Crippen molar-refractivity contribution < 1.29 is 17.9 Å². The van der Waals surface area contributed by atoms with Gasteiger partial charge < -0.3 is 5.73 Å². The number of ether oxygens (including phenoxy) is 1. The van der Waals surface area contributed by atoms with E-state index in [0.717, 1.165) is 0 Å². The Morgan fingerprint density at radius 3 is 2.31 bits per heavy atom. The van der Waals surface area contributed by atoms with E-state index in [1.54, 1.807) is 4.90 Å². The Labute approximate surface area is 93.1 Å². The first-order chi connectivity index (χ1) is 7.22. The van der Waals surface area contributed by atoms with E-state index in [9.17, 15) is 13.2 Å². The Bertz CT molecular complexity index is 219. The number of rotatable bonds is 7. The smallest absolute Gasteiger partial charge is 0.388 e. The van der Waals surface area contributed by atoms with E-state index >= 15 is 0 Å². The van der Waals surface area contributed by atoms with Crippen LogP contribution in [0.15, 0.2) is 0 Å². The lowest BCUT2D eigenvalue weighted by Crippen LogP contribution is -2.37. The molecule has 0 radical (unpaired) electrons. The van der Waals surface area contributed by atoms with Crippen molar-refractivity contribution in [2.45, 2.75) is 32.7 Å². The molecule has 0 aromatic heterocycles. The molecule has 0 bridgehead atoms. The van der Waals surface area contributed by atoms with Gasteiger partial charge in [0.05, 0.1) is 12.4 Å². The van der Waals surface area contributed by atoms with Gasteiger partial charge in [0.25, 0.3) is 0 Å². The fraction of sp³-hybridized carbons (Fsp3) is 0.889. The van der Waals surface area contributed by atoms with Crippen LogP contribution in [0, 0.1) is 5.41 Å². The highest BCUT2D eigenvalue weighted by atomic mass is 19.4. The summed E-state index contributed by atoms with van der Waals surface area (Å²) >= 11 is 0. The summed E-state index contributed by atoms with van der Waals surface area (Å²) in [6.45, 7) is 3.97. The van der Waals surface area contributed by atoms with Crippen molar-refractivity contribution in [2.24, 2.45) is 5.73 Å². The molecular weight excluding hydrogens is 223 g/mol. The molecule has 0 aromatic carbocycles. The molecule has 4 nitrogen and oxygen atoms in total. The molecule has 0 atom stereocenters. The van der Waals surface area contributed by atoms with Crippen molar-refractivity contribution in [1.29, 1.82) is 5.41 Å². The third-order valence-electron chi connectivity index (χ3n) is 2.04. The molecule has 0 aromatic rings. The fourth-order valence-corrected chi connectivity index (χ4v) is 1.17. The Balaban J connectivity index is 3.90. The van der Waals surface area contributed by atoms with Crippen LogP contribution < -0.4 is 5.73 Å². The molecule has 0 aliphatic carbocycles. The molecule has 0 rings (SSSR count). The minimum atomic E-state index is -4.58. The van der Waals surface area contributed by atoms with Crippen LogP contribution in [0.1, 0.15) is 20.3 Å². The van der Waals surface area contributed by atoms with Crippen LogP contribution in [0.3, 0.4) is 0 Å². The maximum Gasteiger partial charge on any atom is 0.522 e. The van der Waals surface area contributed by atoms with Crippen LogP contribution in [-0.2, 0) is 4.74 Å². The monoisotopic (exact) mass is 241 g/mol. The molecule has 0 saturated carbocycles. The maximum atomic E-state index is 11.7. The lowest BCUT2D eigenvalue weighted by molar-refractivity contribution is -0.325. The molecule has 3 N–H and O–H groups in total. The predicted molar refractivity (Wildman–Crippen MR) is 55.2 cm³/mol. The summed E-state index contributed by atoms with van der Waals surface area (Å²) in [5.74, 6) is 0.0300. The van der Waals surface area contributed by atoms with E-state index in [4.69, 9.17) is 11.1 Å². The van der Waals surface area contributed by atoms with Gasteiger partial charge in [-0.15, -0.1) is 13.2 Å². The summed E-state index contributed by atoms with van der Waals surface area (Å²) < 4.78 is 38.9. The number of nitrogens with zero attached hydrogens (tertiary/aromatic N) is 1. The van der Waals surface area contributed by atoms with Crippen molar-refractivity contribution in [1.82, 2.24) is 4.90 Å². The zero-order chi connectivity index (χ0) is 12.8. The van der Waals surface area contributed by atoms with Gasteiger partial charge in [-0.2, -0.15) is 0 Å². The Kier molecular flexibility index (Phi) is 6.35. The number of halogens is 3. The van der Waals surface area contributed by atoms with E-state index in [0.29, 0.717) is 13.0 Å². The molecule has 16 heavy (non-hydrogen) atoms. The summed E-state index contributed by atoms with van der Waals surface area (Å²) in [4.78, 5) is 1.78. The second kappa shape index (κ2) is 6.70. The number of hydrogen-bond donors (Lipinski definition) is 2. The summed E-state index contributed by atoms with van der Waals surface area (Å²) in [6.07, 6.45) is -4.23. The standard InChI is InChI=1S/C9H18F3N3O/c1-7(2)15(4-3-8(13)14)5-6-16-9(10,11)12/h7H,3-6H2,1-2H3,(H3,13,14). The minimum Gasteiger partial charge on any atom is -0.388 e. The summed E-state index contributed by atoms with van der Waals surface area (Å²) in [7, 11) is 0. The number of nitrogens with one attached hydrogen (secondary N) is 1. The van der Waals surface area contributed by atoms with Crippen molar-refractivity contribution in [3.8, 4) is 0 Å². The van der Waals surface area contributed by atoms with Crippen molar-refractivity contribution >= 4 is 5.84 Å². The molecule has 0 amide bonds. The first kappa shape index (κ1) is 15.2. The third kappa shape index (κ3) is 8.49. The topological polar surface area (TPSA) is 62.3 Å². The summed E-state index contributed by atoms with van der Waals surface area (Å²) in [5.41, 5.74) is 5.18. The van der Waals surface area contributed by atoms with Crippen molar-refractivity contribution in [2.75, 3.05) is 19.7 Å². The van der Waals surface area contributed by atoms with Crippen LogP contribution >= 0.6 is 0 Å². The highest BCUT2D eigenvalue weighted by Crippen LogP contribution is 2.15. The Hall–Kier alpha value is -0.820. The Morgan fingerprint density at radius 2 is 1.94 bits per heavy atom. The maximum absolute atomic E-state index is 11.7. The van der Waals surface area contributed by atoms with Crippen LogP contribution in [0.25, 0.3) is 0 Å². The molecule has 0 aliphatic heterocycles. The number of amidine groups is 1. The largest absolute Gasteiger partial charge is 0.522 e. The fourth-order valence-electron chi connectivity index (χ4n) is 1.17. The van der Waals surface area contributed by atoms with E-state index in [-0.39, 0.29) is 18.4 Å². The van der Waals surface area contributed by atoms with E-state index < -0.39 is 13.0 Å². The number of nitrogens with two attached hydrogens (primary N) is 1. The van der Waals surface area contributed by atoms with Crippen molar-refractivity contribution in [3.63, 3.8) is 0 Å². The van der Waals surface area contributed by atoms with Crippen molar-refractivity contribution in [3.05, 3.63) is 0 Å². The summed E-state index contributed by atoms with van der Waals surface area (Å²) in [6, 6.07) is 0.0937. The van der Waals surface area contributed by atoms with E-state index in [2.05, 4.69) is 4.74 Å². The normalized spacial score (nSPS) is 12.4. The van der Waals surface area contributed by atoms with Gasteiger partial charge in [0.1, 0.15) is 0 Å². The SMILES string of the molecule is CC(C)N(CCOC(F)(F)F)CCC(=N)N. The molecule has 7 heteroatoms. The number of hydrogen-bond acceptors (Lipinski definition) is 3. The second-order valence-corrected chi connectivity index (χ2v) is 3.70. The van der Waals surface area contributed by atoms with Crippen LogP contribution in [0.5, 0.6) is 0 Å². The average molecular weight is 241 g/mol. The first-order valence-electron chi connectivity index (χ1n) is 5.00. The van der Waals surface area contributed by atoms with Gasteiger partial charge in [-0.25, -0.2) is 0 Å². The predicted octanol–water partition coefficient (Wildman–Crippen LogP) is 1.56. The molecule has 0 unspecified atom stereocenters. The van der Waals surface area contributed by atoms with Gasteiger partial charge in [0, 0.05) is 25.6 Å². The summed E-state index contributed by atoms with van der Waals surface area (Å²) in [5, 5.41) is 7.04. The molecule has 0 fully saturated rings. The number of alkyl halides is 3.